The second kappa shape index (κ2) is 12.3. The molecular formula is C51H38N2. The normalized spacial score (nSPS) is 12.9. The van der Waals surface area contributed by atoms with E-state index in [2.05, 4.69) is 212 Å². The number of hydrogen-bond donors (Lipinski definition) is 1. The summed E-state index contributed by atoms with van der Waals surface area (Å²) >= 11 is 0. The topological polar surface area (TPSA) is 19.0 Å². The van der Waals surface area contributed by atoms with Crippen LogP contribution in [0.3, 0.4) is 0 Å². The van der Waals surface area contributed by atoms with Gasteiger partial charge in [0.2, 0.25) is 0 Å². The van der Waals surface area contributed by atoms with Crippen LogP contribution in [0.1, 0.15) is 25.0 Å². The molecule has 0 unspecified atom stereocenters. The number of para-hydroxylation sites is 2. The molecule has 1 aliphatic carbocycles. The van der Waals surface area contributed by atoms with Gasteiger partial charge in [0.1, 0.15) is 0 Å². The third-order valence-corrected chi connectivity index (χ3v) is 11.2. The van der Waals surface area contributed by atoms with Crippen molar-refractivity contribution in [3.05, 3.63) is 199 Å². The molecule has 1 aliphatic rings. The lowest BCUT2D eigenvalue weighted by Crippen LogP contribution is -2.15. The Balaban J connectivity index is 1.11. The number of H-pyrrole nitrogens is 1. The number of nitrogens with zero attached hydrogens (tertiary/aromatic N) is 1. The molecule has 2 heteroatoms. The molecule has 0 amide bonds. The zero-order chi connectivity index (χ0) is 35.5. The van der Waals surface area contributed by atoms with Crippen LogP contribution in [0.15, 0.2) is 188 Å². The number of aromatic nitrogens is 1. The van der Waals surface area contributed by atoms with Crippen molar-refractivity contribution in [1.82, 2.24) is 4.98 Å². The molecule has 0 fully saturated rings. The van der Waals surface area contributed by atoms with Crippen LogP contribution in [0.4, 0.5) is 17.1 Å². The second-order valence-electron chi connectivity index (χ2n) is 14.7. The van der Waals surface area contributed by atoms with Crippen LogP contribution < -0.4 is 4.90 Å². The van der Waals surface area contributed by atoms with Crippen molar-refractivity contribution < 1.29 is 0 Å². The fourth-order valence-electron chi connectivity index (χ4n) is 8.49. The first-order chi connectivity index (χ1) is 26.0. The Kier molecular flexibility index (Phi) is 7.19. The predicted molar refractivity (Wildman–Crippen MR) is 224 cm³/mol. The van der Waals surface area contributed by atoms with E-state index in [0.29, 0.717) is 0 Å². The molecule has 8 aromatic carbocycles. The van der Waals surface area contributed by atoms with Crippen LogP contribution in [-0.2, 0) is 5.41 Å². The number of rotatable bonds is 6. The van der Waals surface area contributed by atoms with Crippen molar-refractivity contribution >= 4 is 38.9 Å². The number of hydrogen-bond acceptors (Lipinski definition) is 1. The van der Waals surface area contributed by atoms with E-state index in [9.17, 15) is 0 Å². The summed E-state index contributed by atoms with van der Waals surface area (Å²) in [6, 6.07) is 68.5. The predicted octanol–water partition coefficient (Wildman–Crippen LogP) is 14.1. The highest BCUT2D eigenvalue weighted by atomic mass is 15.1. The highest BCUT2D eigenvalue weighted by Crippen LogP contribution is 2.52. The van der Waals surface area contributed by atoms with E-state index in [4.69, 9.17) is 0 Å². The quantitative estimate of drug-likeness (QED) is 0.185. The lowest BCUT2D eigenvalue weighted by molar-refractivity contribution is 0.660. The summed E-state index contributed by atoms with van der Waals surface area (Å²) in [4.78, 5) is 6.12. The number of anilines is 3. The number of aromatic amines is 1. The summed E-state index contributed by atoms with van der Waals surface area (Å²) in [5.41, 5.74) is 18.2. The molecule has 1 heterocycles. The van der Waals surface area contributed by atoms with Crippen molar-refractivity contribution in [1.29, 1.82) is 0 Å². The van der Waals surface area contributed by atoms with Crippen LogP contribution >= 0.6 is 0 Å². The smallest absolute Gasteiger partial charge is 0.0544 e. The van der Waals surface area contributed by atoms with Gasteiger partial charge in [-0.05, 0) is 98.6 Å². The Morgan fingerprint density at radius 1 is 0.377 bits per heavy atom. The van der Waals surface area contributed by atoms with Gasteiger partial charge in [-0.2, -0.15) is 0 Å². The minimum absolute atomic E-state index is 0.117. The van der Waals surface area contributed by atoms with Crippen LogP contribution in [0.2, 0.25) is 0 Å². The molecule has 10 rings (SSSR count). The van der Waals surface area contributed by atoms with Crippen molar-refractivity contribution in [2.24, 2.45) is 0 Å². The van der Waals surface area contributed by atoms with Crippen LogP contribution in [0.5, 0.6) is 0 Å². The zero-order valence-electron chi connectivity index (χ0n) is 29.8. The first kappa shape index (κ1) is 31.1. The van der Waals surface area contributed by atoms with E-state index >= 15 is 0 Å². The van der Waals surface area contributed by atoms with E-state index in [1.165, 1.54) is 77.4 Å². The molecule has 0 atom stereocenters. The third-order valence-electron chi connectivity index (χ3n) is 11.2. The second-order valence-corrected chi connectivity index (χ2v) is 14.7. The standard InChI is InChI=1S/C51H38N2/c1-51(2)47-30-24-38(42-17-11-18-44-43-16-9-10-19-49(43)52-50(42)44)32-45(47)46-33-41(29-31-48(46)51)53(39-25-20-36(21-26-39)34-12-5-3-6-13-34)40-27-22-37(23-28-40)35-14-7-4-8-15-35/h3-33,52H,1-2H3. The lowest BCUT2D eigenvalue weighted by atomic mass is 9.82. The van der Waals surface area contributed by atoms with Gasteiger partial charge in [-0.1, -0.05) is 153 Å². The summed E-state index contributed by atoms with van der Waals surface area (Å²) in [5, 5.41) is 2.52. The zero-order valence-corrected chi connectivity index (χ0v) is 29.8. The number of fused-ring (bicyclic) bond motifs is 6. The van der Waals surface area contributed by atoms with Gasteiger partial charge in [0.25, 0.3) is 0 Å². The largest absolute Gasteiger partial charge is 0.354 e. The molecule has 0 aliphatic heterocycles. The van der Waals surface area contributed by atoms with Gasteiger partial charge in [0.05, 0.1) is 5.52 Å². The van der Waals surface area contributed by atoms with Gasteiger partial charge in [-0.3, -0.25) is 0 Å². The van der Waals surface area contributed by atoms with Crippen LogP contribution in [0, 0.1) is 0 Å². The van der Waals surface area contributed by atoms with Crippen molar-refractivity contribution in [2.75, 3.05) is 4.90 Å². The average molecular weight is 679 g/mol. The molecular weight excluding hydrogens is 641 g/mol. The third kappa shape index (κ3) is 5.18. The van der Waals surface area contributed by atoms with E-state index in [0.717, 1.165) is 17.1 Å². The van der Waals surface area contributed by atoms with Gasteiger partial charge in [0, 0.05) is 44.3 Å². The summed E-state index contributed by atoms with van der Waals surface area (Å²) in [6.07, 6.45) is 0. The Hall–Kier alpha value is -6.64. The van der Waals surface area contributed by atoms with Crippen LogP contribution in [-0.4, -0.2) is 4.98 Å². The minimum Gasteiger partial charge on any atom is -0.354 e. The fraction of sp³-hybridized carbons (Fsp3) is 0.0588. The molecule has 0 saturated heterocycles. The van der Waals surface area contributed by atoms with Gasteiger partial charge in [-0.15, -0.1) is 0 Å². The molecule has 0 spiro atoms. The summed E-state index contributed by atoms with van der Waals surface area (Å²) in [5.74, 6) is 0. The Labute approximate surface area is 310 Å². The average Bonchev–Trinajstić information content (AvgIpc) is 3.71. The maximum atomic E-state index is 3.73. The molecule has 0 saturated carbocycles. The van der Waals surface area contributed by atoms with Gasteiger partial charge in [0.15, 0.2) is 0 Å². The first-order valence-corrected chi connectivity index (χ1v) is 18.4. The molecule has 53 heavy (non-hydrogen) atoms. The van der Waals surface area contributed by atoms with E-state index in [1.807, 2.05) is 0 Å². The summed E-state index contributed by atoms with van der Waals surface area (Å²) in [6.45, 7) is 4.72. The van der Waals surface area contributed by atoms with Gasteiger partial charge in [-0.25, -0.2) is 0 Å². The van der Waals surface area contributed by atoms with Crippen molar-refractivity contribution in [2.45, 2.75) is 19.3 Å². The van der Waals surface area contributed by atoms with E-state index < -0.39 is 0 Å². The molecule has 1 aromatic heterocycles. The molecule has 9 aromatic rings. The number of benzene rings is 8. The van der Waals surface area contributed by atoms with Crippen molar-refractivity contribution in [3.8, 4) is 44.5 Å². The molecule has 252 valence electrons. The van der Waals surface area contributed by atoms with E-state index in [-0.39, 0.29) is 5.41 Å². The Bertz CT molecular complexity index is 2690. The summed E-state index contributed by atoms with van der Waals surface area (Å²) in [7, 11) is 0. The number of nitrogens with one attached hydrogen (secondary N) is 1. The SMILES string of the molecule is CC1(C)c2ccc(-c3cccc4c3[nH]c3ccccc34)cc2-c2cc(N(c3ccc(-c4ccccc4)cc3)c3ccc(-c4ccccc4)cc3)ccc21. The fourth-order valence-corrected chi connectivity index (χ4v) is 8.49. The molecule has 0 radical (unpaired) electrons. The summed E-state index contributed by atoms with van der Waals surface area (Å²) < 4.78 is 0. The molecule has 0 bridgehead atoms. The van der Waals surface area contributed by atoms with Crippen molar-refractivity contribution in [3.63, 3.8) is 0 Å². The highest BCUT2D eigenvalue weighted by Gasteiger charge is 2.36. The molecule has 2 nitrogen and oxygen atoms in total. The monoisotopic (exact) mass is 678 g/mol. The van der Waals surface area contributed by atoms with Gasteiger partial charge >= 0.3 is 0 Å². The lowest BCUT2D eigenvalue weighted by Gasteiger charge is -2.27. The Morgan fingerprint density at radius 2 is 0.868 bits per heavy atom. The maximum Gasteiger partial charge on any atom is 0.0544 e. The van der Waals surface area contributed by atoms with Gasteiger partial charge < -0.3 is 9.88 Å². The molecule has 1 N–H and O–H groups in total. The highest BCUT2D eigenvalue weighted by molar-refractivity contribution is 6.12. The minimum atomic E-state index is -0.117. The Morgan fingerprint density at radius 3 is 1.51 bits per heavy atom. The van der Waals surface area contributed by atoms with E-state index in [1.54, 1.807) is 0 Å². The first-order valence-electron chi connectivity index (χ1n) is 18.4. The van der Waals surface area contributed by atoms with Crippen LogP contribution in [0.25, 0.3) is 66.3 Å². The maximum absolute atomic E-state index is 3.73.